The van der Waals surface area contributed by atoms with Gasteiger partial charge in [0.15, 0.2) is 5.65 Å². The number of imidazole rings is 1. The molecule has 0 atom stereocenters. The maximum absolute atomic E-state index is 4.68. The molecule has 0 aliphatic heterocycles. The summed E-state index contributed by atoms with van der Waals surface area (Å²) < 4.78 is 3.18. The fourth-order valence-electron chi connectivity index (χ4n) is 1.82. The summed E-state index contributed by atoms with van der Waals surface area (Å²) >= 11 is 3.91. The minimum absolute atomic E-state index is 0.923. The first-order valence-electron chi connectivity index (χ1n) is 5.42. The van der Waals surface area contributed by atoms with Gasteiger partial charge in [-0.2, -0.15) is 0 Å². The number of nitrogens with zero attached hydrogens (tertiary/aromatic N) is 3. The van der Waals surface area contributed by atoms with Crippen LogP contribution in [0.3, 0.4) is 0 Å². The predicted molar refractivity (Wildman–Crippen MR) is 82.9 cm³/mol. The third-order valence-electron chi connectivity index (χ3n) is 2.68. The van der Waals surface area contributed by atoms with E-state index in [2.05, 4.69) is 49.1 Å². The predicted octanol–water partition coefficient (Wildman–Crippen LogP) is 3.72. The summed E-state index contributed by atoms with van der Waals surface area (Å²) in [5.74, 6) is 0. The highest BCUT2D eigenvalue weighted by Gasteiger charge is 2.10. The average Bonchev–Trinajstić information content (AvgIpc) is 2.81. The smallest absolute Gasteiger partial charge is 0.170 e. The SMILES string of the molecule is CSc1nc(-c2ccccc2)cn2c(I)cnc12. The largest absolute Gasteiger partial charge is 0.290 e. The van der Waals surface area contributed by atoms with E-state index in [1.807, 2.05) is 36.8 Å². The normalized spacial score (nSPS) is 11.0. The molecule has 0 N–H and O–H groups in total. The van der Waals surface area contributed by atoms with Crippen molar-refractivity contribution in [3.63, 3.8) is 0 Å². The van der Waals surface area contributed by atoms with Crippen LogP contribution in [0.25, 0.3) is 16.9 Å². The molecule has 0 fully saturated rings. The molecule has 5 heteroatoms. The lowest BCUT2D eigenvalue weighted by molar-refractivity contribution is 1.03. The van der Waals surface area contributed by atoms with E-state index in [0.29, 0.717) is 0 Å². The van der Waals surface area contributed by atoms with Crippen molar-refractivity contribution in [3.05, 3.63) is 46.4 Å². The monoisotopic (exact) mass is 367 g/mol. The van der Waals surface area contributed by atoms with Crippen LogP contribution >= 0.6 is 34.4 Å². The number of thioether (sulfide) groups is 1. The van der Waals surface area contributed by atoms with Crippen LogP contribution < -0.4 is 0 Å². The van der Waals surface area contributed by atoms with Crippen molar-refractivity contribution in [3.8, 4) is 11.3 Å². The van der Waals surface area contributed by atoms with Crippen LogP contribution in [0.4, 0.5) is 0 Å². The van der Waals surface area contributed by atoms with Gasteiger partial charge in [0.05, 0.1) is 11.9 Å². The minimum atomic E-state index is 0.923. The molecule has 0 aliphatic carbocycles. The van der Waals surface area contributed by atoms with E-state index in [-0.39, 0.29) is 0 Å². The molecule has 0 saturated heterocycles. The molecule has 1 aromatic carbocycles. The van der Waals surface area contributed by atoms with E-state index in [9.17, 15) is 0 Å². The Morgan fingerprint density at radius 1 is 1.22 bits per heavy atom. The summed E-state index contributed by atoms with van der Waals surface area (Å²) in [5, 5.41) is 0.958. The molecule has 0 unspecified atom stereocenters. The molecule has 2 heterocycles. The van der Waals surface area contributed by atoms with E-state index < -0.39 is 0 Å². The Kier molecular flexibility index (Phi) is 3.25. The number of rotatable bonds is 2. The molecule has 0 amide bonds. The summed E-state index contributed by atoms with van der Waals surface area (Å²) in [5.41, 5.74) is 3.02. The second-order valence-corrected chi connectivity index (χ2v) is 5.68. The van der Waals surface area contributed by atoms with Crippen molar-refractivity contribution < 1.29 is 0 Å². The third-order valence-corrected chi connectivity index (χ3v) is 4.14. The zero-order chi connectivity index (χ0) is 12.5. The number of halogens is 1. The zero-order valence-corrected chi connectivity index (χ0v) is 12.6. The molecule has 0 saturated carbocycles. The van der Waals surface area contributed by atoms with Gasteiger partial charge in [0, 0.05) is 11.8 Å². The molecule has 18 heavy (non-hydrogen) atoms. The molecule has 0 radical (unpaired) electrons. The topological polar surface area (TPSA) is 30.2 Å². The quantitative estimate of drug-likeness (QED) is 0.511. The number of aromatic nitrogens is 3. The maximum atomic E-state index is 4.68. The van der Waals surface area contributed by atoms with Gasteiger partial charge in [-0.15, -0.1) is 11.8 Å². The number of fused-ring (bicyclic) bond motifs is 1. The lowest BCUT2D eigenvalue weighted by Gasteiger charge is -2.06. The molecule has 3 aromatic rings. The van der Waals surface area contributed by atoms with Crippen LogP contribution in [0.2, 0.25) is 0 Å². The summed E-state index contributed by atoms with van der Waals surface area (Å²) in [6.07, 6.45) is 5.93. The molecule has 0 aliphatic rings. The zero-order valence-electron chi connectivity index (χ0n) is 9.67. The van der Waals surface area contributed by atoms with Crippen LogP contribution in [0.15, 0.2) is 47.8 Å². The van der Waals surface area contributed by atoms with Gasteiger partial charge in [-0.25, -0.2) is 9.97 Å². The van der Waals surface area contributed by atoms with Crippen molar-refractivity contribution in [2.45, 2.75) is 5.03 Å². The Hall–Kier alpha value is -1.08. The number of benzene rings is 1. The molecule has 0 spiro atoms. The highest BCUT2D eigenvalue weighted by molar-refractivity contribution is 14.1. The summed E-state index contributed by atoms with van der Waals surface area (Å²) in [7, 11) is 0. The van der Waals surface area contributed by atoms with Crippen molar-refractivity contribution in [2.75, 3.05) is 6.26 Å². The van der Waals surface area contributed by atoms with E-state index in [4.69, 9.17) is 0 Å². The lowest BCUT2D eigenvalue weighted by atomic mass is 10.2. The van der Waals surface area contributed by atoms with Crippen LogP contribution in [0.5, 0.6) is 0 Å². The van der Waals surface area contributed by atoms with Gasteiger partial charge in [0.1, 0.15) is 8.73 Å². The van der Waals surface area contributed by atoms with Crippen molar-refractivity contribution in [1.82, 2.24) is 14.4 Å². The van der Waals surface area contributed by atoms with Gasteiger partial charge >= 0.3 is 0 Å². The highest BCUT2D eigenvalue weighted by Crippen LogP contribution is 2.25. The third kappa shape index (κ3) is 2.01. The molecule has 3 nitrogen and oxygen atoms in total. The molecular formula is C13H10IN3S. The van der Waals surface area contributed by atoms with Gasteiger partial charge in [-0.05, 0) is 28.8 Å². The van der Waals surface area contributed by atoms with E-state index in [0.717, 1.165) is 25.6 Å². The van der Waals surface area contributed by atoms with Crippen molar-refractivity contribution in [2.24, 2.45) is 0 Å². The molecule has 2 aromatic heterocycles. The minimum Gasteiger partial charge on any atom is -0.290 e. The molecule has 90 valence electrons. The Morgan fingerprint density at radius 2 is 2.00 bits per heavy atom. The Balaban J connectivity index is 2.28. The Morgan fingerprint density at radius 3 is 2.72 bits per heavy atom. The van der Waals surface area contributed by atoms with Gasteiger partial charge in [0.25, 0.3) is 0 Å². The fourth-order valence-corrected chi connectivity index (χ4v) is 2.85. The fraction of sp³-hybridized carbons (Fsp3) is 0.0769. The van der Waals surface area contributed by atoms with Gasteiger partial charge in [-0.3, -0.25) is 4.40 Å². The first kappa shape index (κ1) is 12.0. The van der Waals surface area contributed by atoms with E-state index in [1.165, 1.54) is 0 Å². The van der Waals surface area contributed by atoms with Gasteiger partial charge in [-0.1, -0.05) is 30.3 Å². The van der Waals surface area contributed by atoms with Gasteiger partial charge < -0.3 is 0 Å². The summed E-state index contributed by atoms with van der Waals surface area (Å²) in [6.45, 7) is 0. The number of hydrogen-bond acceptors (Lipinski definition) is 3. The molecular weight excluding hydrogens is 357 g/mol. The van der Waals surface area contributed by atoms with E-state index in [1.54, 1.807) is 11.8 Å². The highest BCUT2D eigenvalue weighted by atomic mass is 127. The first-order valence-corrected chi connectivity index (χ1v) is 7.73. The average molecular weight is 367 g/mol. The summed E-state index contributed by atoms with van der Waals surface area (Å²) in [4.78, 5) is 9.08. The lowest BCUT2D eigenvalue weighted by Crippen LogP contribution is -1.95. The van der Waals surface area contributed by atoms with E-state index >= 15 is 0 Å². The van der Waals surface area contributed by atoms with Crippen LogP contribution in [-0.4, -0.2) is 20.6 Å². The summed E-state index contributed by atoms with van der Waals surface area (Å²) in [6, 6.07) is 10.2. The second kappa shape index (κ2) is 4.89. The Labute approximate surface area is 123 Å². The molecule has 0 bridgehead atoms. The van der Waals surface area contributed by atoms with Crippen LogP contribution in [0.1, 0.15) is 0 Å². The van der Waals surface area contributed by atoms with Crippen molar-refractivity contribution >= 4 is 40.0 Å². The first-order chi connectivity index (χ1) is 8.79. The van der Waals surface area contributed by atoms with Gasteiger partial charge in [0.2, 0.25) is 0 Å². The standard InChI is InChI=1S/C13H10IN3S/c1-18-13-12-15-7-11(14)17(12)8-10(16-13)9-5-3-2-4-6-9/h2-8H,1H3. The maximum Gasteiger partial charge on any atom is 0.170 e. The van der Waals surface area contributed by atoms with Crippen molar-refractivity contribution in [1.29, 1.82) is 0 Å². The molecule has 3 rings (SSSR count). The Bertz CT molecular complexity index is 694. The second-order valence-electron chi connectivity index (χ2n) is 3.78. The van der Waals surface area contributed by atoms with Crippen LogP contribution in [0, 0.1) is 3.70 Å². The van der Waals surface area contributed by atoms with Crippen LogP contribution in [-0.2, 0) is 0 Å². The number of hydrogen-bond donors (Lipinski definition) is 0.